The summed E-state index contributed by atoms with van der Waals surface area (Å²) in [5.41, 5.74) is 0.759. The normalized spacial score (nSPS) is 14.9. The Morgan fingerprint density at radius 3 is 2.67 bits per heavy atom. The van der Waals surface area contributed by atoms with Gasteiger partial charge in [-0.15, -0.1) is 5.10 Å². The predicted molar refractivity (Wildman–Crippen MR) is 93.2 cm³/mol. The molecule has 1 aliphatic carbocycles. The molecule has 0 saturated heterocycles. The van der Waals surface area contributed by atoms with Crippen LogP contribution < -0.4 is 20.1 Å². The van der Waals surface area contributed by atoms with E-state index in [1.807, 2.05) is 12.1 Å². The zero-order valence-electron chi connectivity index (χ0n) is 14.1. The van der Waals surface area contributed by atoms with Crippen molar-refractivity contribution in [2.24, 2.45) is 0 Å². The van der Waals surface area contributed by atoms with Crippen LogP contribution in [0.5, 0.6) is 11.5 Å². The van der Waals surface area contributed by atoms with Crippen LogP contribution in [-0.2, 0) is 0 Å². The van der Waals surface area contributed by atoms with Crippen LogP contribution in [0.3, 0.4) is 0 Å². The number of nitrogens with zero attached hydrogens (tertiary/aromatic N) is 3. The van der Waals surface area contributed by atoms with Crippen molar-refractivity contribution in [2.45, 2.75) is 38.1 Å². The quantitative estimate of drug-likeness (QED) is 0.841. The molecule has 2 aromatic rings. The second-order valence-corrected chi connectivity index (χ2v) is 5.84. The summed E-state index contributed by atoms with van der Waals surface area (Å²) in [5.74, 6) is 2.55. The molecule has 128 valence electrons. The first kappa shape index (κ1) is 16.3. The molecule has 1 aromatic heterocycles. The van der Waals surface area contributed by atoms with Gasteiger partial charge in [-0.2, -0.15) is 10.1 Å². The molecule has 24 heavy (non-hydrogen) atoms. The monoisotopic (exact) mass is 329 g/mol. The number of methoxy groups -OCH3 is 2. The maximum absolute atomic E-state index is 5.38. The number of ether oxygens (including phenoxy) is 2. The van der Waals surface area contributed by atoms with Crippen LogP contribution in [-0.4, -0.2) is 35.4 Å². The predicted octanol–water partition coefficient (Wildman–Crippen LogP) is 3.38. The lowest BCUT2D eigenvalue weighted by atomic mass is 9.96. The molecule has 3 rings (SSSR count). The highest BCUT2D eigenvalue weighted by molar-refractivity contribution is 5.64. The van der Waals surface area contributed by atoms with Crippen LogP contribution in [0, 0.1) is 0 Å². The summed E-state index contributed by atoms with van der Waals surface area (Å²) in [5, 5.41) is 14.7. The van der Waals surface area contributed by atoms with Gasteiger partial charge < -0.3 is 20.1 Å². The molecular weight excluding hydrogens is 306 g/mol. The summed E-state index contributed by atoms with van der Waals surface area (Å²) in [6.07, 6.45) is 7.88. The van der Waals surface area contributed by atoms with E-state index in [0.717, 1.165) is 17.3 Å². The van der Waals surface area contributed by atoms with E-state index in [-0.39, 0.29) is 0 Å². The summed E-state index contributed by atoms with van der Waals surface area (Å²) in [6.45, 7) is 0. The maximum Gasteiger partial charge on any atom is 0.249 e. The smallest absolute Gasteiger partial charge is 0.249 e. The van der Waals surface area contributed by atoms with Gasteiger partial charge in [-0.3, -0.25) is 0 Å². The molecule has 1 fully saturated rings. The number of aromatic nitrogens is 3. The van der Waals surface area contributed by atoms with Gasteiger partial charge in [0.2, 0.25) is 5.95 Å². The molecule has 7 heteroatoms. The van der Waals surface area contributed by atoms with Crippen molar-refractivity contribution >= 4 is 17.5 Å². The van der Waals surface area contributed by atoms with Gasteiger partial charge in [0.05, 0.1) is 26.1 Å². The number of nitrogens with one attached hydrogen (secondary N) is 2. The Labute approximate surface area is 141 Å². The fraction of sp³-hybridized carbons (Fsp3) is 0.471. The van der Waals surface area contributed by atoms with Crippen LogP contribution in [0.1, 0.15) is 32.1 Å². The third kappa shape index (κ3) is 4.04. The Hall–Kier alpha value is -2.57. The molecule has 7 nitrogen and oxygen atoms in total. The molecule has 0 bridgehead atoms. The largest absolute Gasteiger partial charge is 0.497 e. The molecule has 0 spiro atoms. The molecule has 0 atom stereocenters. The van der Waals surface area contributed by atoms with Crippen LogP contribution in [0.25, 0.3) is 0 Å². The number of benzene rings is 1. The van der Waals surface area contributed by atoms with Gasteiger partial charge in [-0.25, -0.2) is 0 Å². The van der Waals surface area contributed by atoms with E-state index in [9.17, 15) is 0 Å². The average molecular weight is 329 g/mol. The van der Waals surface area contributed by atoms with E-state index >= 15 is 0 Å². The van der Waals surface area contributed by atoms with Crippen molar-refractivity contribution in [3.05, 3.63) is 24.4 Å². The molecule has 0 amide bonds. The molecule has 1 saturated carbocycles. The molecule has 1 heterocycles. The van der Waals surface area contributed by atoms with Crippen molar-refractivity contribution in [1.29, 1.82) is 0 Å². The third-order valence-corrected chi connectivity index (χ3v) is 4.17. The summed E-state index contributed by atoms with van der Waals surface area (Å²) in [6, 6.07) is 5.99. The fourth-order valence-corrected chi connectivity index (χ4v) is 2.90. The first-order chi connectivity index (χ1) is 11.8. The highest BCUT2D eigenvalue weighted by Crippen LogP contribution is 2.30. The van der Waals surface area contributed by atoms with E-state index in [2.05, 4.69) is 25.8 Å². The van der Waals surface area contributed by atoms with E-state index in [4.69, 9.17) is 9.47 Å². The van der Waals surface area contributed by atoms with Gasteiger partial charge >= 0.3 is 0 Å². The van der Waals surface area contributed by atoms with Gasteiger partial charge in [-0.05, 0) is 25.0 Å². The summed E-state index contributed by atoms with van der Waals surface area (Å²) in [4.78, 5) is 4.50. The van der Waals surface area contributed by atoms with Gasteiger partial charge in [0.25, 0.3) is 0 Å². The molecular formula is C17H23N5O2. The Morgan fingerprint density at radius 1 is 1.08 bits per heavy atom. The van der Waals surface area contributed by atoms with Crippen LogP contribution in [0.15, 0.2) is 24.4 Å². The van der Waals surface area contributed by atoms with Crippen LogP contribution in [0.2, 0.25) is 0 Å². The van der Waals surface area contributed by atoms with E-state index in [1.54, 1.807) is 26.5 Å². The van der Waals surface area contributed by atoms with Crippen molar-refractivity contribution in [3.8, 4) is 11.5 Å². The number of rotatable bonds is 6. The topological polar surface area (TPSA) is 81.2 Å². The molecule has 0 aliphatic heterocycles. The Morgan fingerprint density at radius 2 is 1.92 bits per heavy atom. The Bertz CT molecular complexity index is 674. The summed E-state index contributed by atoms with van der Waals surface area (Å²) >= 11 is 0. The third-order valence-electron chi connectivity index (χ3n) is 4.17. The SMILES string of the molecule is COc1ccc(Nc2nncc(NC3CCCCC3)n2)c(OC)c1. The van der Waals surface area contributed by atoms with Crippen molar-refractivity contribution in [1.82, 2.24) is 15.2 Å². The van der Waals surface area contributed by atoms with Crippen molar-refractivity contribution in [3.63, 3.8) is 0 Å². The first-order valence-corrected chi connectivity index (χ1v) is 8.24. The highest BCUT2D eigenvalue weighted by atomic mass is 16.5. The van der Waals surface area contributed by atoms with Crippen molar-refractivity contribution in [2.75, 3.05) is 24.9 Å². The Kier molecular flexibility index (Phi) is 5.30. The lowest BCUT2D eigenvalue weighted by molar-refractivity contribution is 0.395. The van der Waals surface area contributed by atoms with Gasteiger partial charge in [0.1, 0.15) is 11.5 Å². The first-order valence-electron chi connectivity index (χ1n) is 8.24. The second-order valence-electron chi connectivity index (χ2n) is 5.84. The minimum absolute atomic E-state index is 0.430. The molecule has 2 N–H and O–H groups in total. The minimum Gasteiger partial charge on any atom is -0.497 e. The van der Waals surface area contributed by atoms with E-state index in [0.29, 0.717) is 17.7 Å². The highest BCUT2D eigenvalue weighted by Gasteiger charge is 2.14. The second kappa shape index (κ2) is 7.81. The standard InChI is InChI=1S/C17H23N5O2/c1-23-13-8-9-14(15(10-13)24-2)20-17-21-16(11-18-22-17)19-12-6-4-3-5-7-12/h8-12H,3-7H2,1-2H3,(H2,19,20,21,22). The fourth-order valence-electron chi connectivity index (χ4n) is 2.90. The zero-order chi connectivity index (χ0) is 16.8. The molecule has 1 aliphatic rings. The maximum atomic E-state index is 5.38. The lowest BCUT2D eigenvalue weighted by Gasteiger charge is -2.23. The minimum atomic E-state index is 0.430. The number of hydrogen-bond donors (Lipinski definition) is 2. The molecule has 1 aromatic carbocycles. The van der Waals surface area contributed by atoms with Crippen LogP contribution >= 0.6 is 0 Å². The van der Waals surface area contributed by atoms with Gasteiger partial charge in [0, 0.05) is 12.1 Å². The Balaban J connectivity index is 1.72. The molecule has 0 unspecified atom stereocenters. The number of anilines is 3. The number of hydrogen-bond acceptors (Lipinski definition) is 7. The van der Waals surface area contributed by atoms with Gasteiger partial charge in [0.15, 0.2) is 5.82 Å². The van der Waals surface area contributed by atoms with E-state index in [1.165, 1.54) is 32.1 Å². The lowest BCUT2D eigenvalue weighted by Crippen LogP contribution is -2.23. The average Bonchev–Trinajstić information content (AvgIpc) is 2.63. The summed E-state index contributed by atoms with van der Waals surface area (Å²) < 4.78 is 10.6. The van der Waals surface area contributed by atoms with E-state index < -0.39 is 0 Å². The summed E-state index contributed by atoms with van der Waals surface area (Å²) in [7, 11) is 3.23. The van der Waals surface area contributed by atoms with Crippen LogP contribution in [0.4, 0.5) is 17.5 Å². The van der Waals surface area contributed by atoms with Crippen molar-refractivity contribution < 1.29 is 9.47 Å². The molecule has 0 radical (unpaired) electrons. The zero-order valence-corrected chi connectivity index (χ0v) is 14.1. The van der Waals surface area contributed by atoms with Gasteiger partial charge in [-0.1, -0.05) is 19.3 Å².